The second kappa shape index (κ2) is 17.5. The van der Waals surface area contributed by atoms with Crippen LogP contribution in [0, 0.1) is 0 Å². The van der Waals surface area contributed by atoms with Gasteiger partial charge in [0.25, 0.3) is 0 Å². The minimum atomic E-state index is 0.597. The van der Waals surface area contributed by atoms with E-state index in [1.165, 1.54) is 57.8 Å². The Morgan fingerprint density at radius 3 is 2.00 bits per heavy atom. The molecule has 0 saturated carbocycles. The number of pyridine rings is 1. The van der Waals surface area contributed by atoms with Gasteiger partial charge in [-0.3, -0.25) is 4.98 Å². The first kappa shape index (κ1) is 26.2. The molecule has 0 bridgehead atoms. The van der Waals surface area contributed by atoms with E-state index in [0.717, 1.165) is 55.8 Å². The fourth-order valence-electron chi connectivity index (χ4n) is 3.57. The summed E-state index contributed by atoms with van der Waals surface area (Å²) in [5.74, 6) is 0.597. The van der Waals surface area contributed by atoms with Crippen LogP contribution in [0.15, 0.2) is 30.7 Å². The summed E-state index contributed by atoms with van der Waals surface area (Å²) in [5.41, 5.74) is 2.93. The van der Waals surface area contributed by atoms with Crippen molar-refractivity contribution in [2.75, 3.05) is 19.8 Å². The van der Waals surface area contributed by atoms with Crippen LogP contribution in [-0.2, 0) is 11.2 Å². The molecule has 0 atom stereocenters. The van der Waals surface area contributed by atoms with Crippen molar-refractivity contribution in [3.8, 4) is 17.1 Å². The van der Waals surface area contributed by atoms with Gasteiger partial charge < -0.3 is 9.47 Å². The summed E-state index contributed by atoms with van der Waals surface area (Å²) >= 11 is 0. The molecule has 0 radical (unpaired) electrons. The van der Waals surface area contributed by atoms with Gasteiger partial charge in [0, 0.05) is 30.7 Å². The van der Waals surface area contributed by atoms with Crippen LogP contribution in [-0.4, -0.2) is 34.8 Å². The van der Waals surface area contributed by atoms with Crippen molar-refractivity contribution in [3.05, 3.63) is 36.4 Å². The third-order valence-corrected chi connectivity index (χ3v) is 5.61. The Labute approximate surface area is 195 Å². The van der Waals surface area contributed by atoms with Crippen molar-refractivity contribution < 1.29 is 9.47 Å². The third kappa shape index (κ3) is 11.6. The highest BCUT2D eigenvalue weighted by atomic mass is 16.5. The molecule has 0 aliphatic rings. The topological polar surface area (TPSA) is 57.1 Å². The zero-order valence-electron chi connectivity index (χ0n) is 20.4. The van der Waals surface area contributed by atoms with Gasteiger partial charge in [0.15, 0.2) is 0 Å². The number of aryl methyl sites for hydroxylation is 1. The van der Waals surface area contributed by atoms with Crippen LogP contribution in [0.4, 0.5) is 0 Å². The molecule has 2 aromatic heterocycles. The van der Waals surface area contributed by atoms with E-state index >= 15 is 0 Å². The molecule has 2 heterocycles. The summed E-state index contributed by atoms with van der Waals surface area (Å²) in [6.45, 7) is 6.94. The van der Waals surface area contributed by atoms with E-state index in [9.17, 15) is 0 Å². The quantitative estimate of drug-likeness (QED) is 0.216. The average Bonchev–Trinajstić information content (AvgIpc) is 2.83. The molecule has 0 fully saturated rings. The zero-order valence-corrected chi connectivity index (χ0v) is 20.4. The van der Waals surface area contributed by atoms with E-state index in [2.05, 4.69) is 40.9 Å². The first-order valence-corrected chi connectivity index (χ1v) is 12.8. The van der Waals surface area contributed by atoms with Crippen molar-refractivity contribution in [2.24, 2.45) is 0 Å². The summed E-state index contributed by atoms with van der Waals surface area (Å²) in [7, 11) is 0. The van der Waals surface area contributed by atoms with Crippen LogP contribution in [0.2, 0.25) is 0 Å². The highest BCUT2D eigenvalue weighted by Crippen LogP contribution is 2.17. The number of nitrogens with zero attached hydrogens (tertiary/aromatic N) is 3. The standard InChI is InChI=1S/C27H43N3O2/c1-3-5-7-9-10-13-20-32-27-23-29-26(22-30-27)24-16-17-25(28-21-24)15-11-14-19-31-18-12-8-6-4-2/h16-17,21-23H,3-15,18-20H2,1-2H3. The molecule has 0 unspecified atom stereocenters. The van der Waals surface area contributed by atoms with Crippen molar-refractivity contribution in [2.45, 2.75) is 97.3 Å². The van der Waals surface area contributed by atoms with E-state index < -0.39 is 0 Å². The maximum atomic E-state index is 5.72. The minimum absolute atomic E-state index is 0.597. The van der Waals surface area contributed by atoms with Gasteiger partial charge in [-0.1, -0.05) is 65.2 Å². The molecule has 0 spiro atoms. The van der Waals surface area contributed by atoms with E-state index in [1.807, 2.05) is 6.20 Å². The number of hydrogen-bond acceptors (Lipinski definition) is 5. The SMILES string of the molecule is CCCCCCCCOc1cnc(-c2ccc(CCCCOCCCCCC)nc2)cn1. The predicted octanol–water partition coefficient (Wildman–Crippen LogP) is 7.20. The van der Waals surface area contributed by atoms with Crippen LogP contribution in [0.1, 0.15) is 96.6 Å². The molecule has 0 amide bonds. The molecule has 5 nitrogen and oxygen atoms in total. The lowest BCUT2D eigenvalue weighted by Crippen LogP contribution is -2.00. The van der Waals surface area contributed by atoms with Gasteiger partial charge in [0.05, 0.1) is 24.7 Å². The Bertz CT molecular complexity index is 689. The lowest BCUT2D eigenvalue weighted by Gasteiger charge is -2.07. The highest BCUT2D eigenvalue weighted by Gasteiger charge is 2.04. The van der Waals surface area contributed by atoms with Crippen molar-refractivity contribution in [3.63, 3.8) is 0 Å². The van der Waals surface area contributed by atoms with Crippen molar-refractivity contribution in [1.29, 1.82) is 0 Å². The largest absolute Gasteiger partial charge is 0.477 e. The molecular formula is C27H43N3O2. The van der Waals surface area contributed by atoms with Crippen LogP contribution in [0.5, 0.6) is 5.88 Å². The zero-order chi connectivity index (χ0) is 22.7. The van der Waals surface area contributed by atoms with Gasteiger partial charge in [0.2, 0.25) is 5.88 Å². The molecular weight excluding hydrogens is 398 g/mol. The first-order valence-electron chi connectivity index (χ1n) is 12.8. The Morgan fingerprint density at radius 1 is 0.625 bits per heavy atom. The van der Waals surface area contributed by atoms with Gasteiger partial charge in [-0.25, -0.2) is 9.97 Å². The molecule has 0 aliphatic carbocycles. The molecule has 0 aliphatic heterocycles. The maximum Gasteiger partial charge on any atom is 0.232 e. The number of hydrogen-bond donors (Lipinski definition) is 0. The van der Waals surface area contributed by atoms with E-state index in [4.69, 9.17) is 9.47 Å². The number of rotatable bonds is 19. The van der Waals surface area contributed by atoms with Crippen LogP contribution in [0.3, 0.4) is 0 Å². The monoisotopic (exact) mass is 441 g/mol. The van der Waals surface area contributed by atoms with E-state index in [-0.39, 0.29) is 0 Å². The fourth-order valence-corrected chi connectivity index (χ4v) is 3.57. The van der Waals surface area contributed by atoms with Gasteiger partial charge >= 0.3 is 0 Å². The Balaban J connectivity index is 1.60. The number of ether oxygens (including phenoxy) is 2. The number of unbranched alkanes of at least 4 members (excludes halogenated alkanes) is 9. The minimum Gasteiger partial charge on any atom is -0.477 e. The molecule has 0 saturated heterocycles. The Kier molecular flexibility index (Phi) is 14.4. The predicted molar refractivity (Wildman–Crippen MR) is 132 cm³/mol. The lowest BCUT2D eigenvalue weighted by atomic mass is 10.1. The molecule has 0 N–H and O–H groups in total. The summed E-state index contributed by atoms with van der Waals surface area (Å²) in [6, 6.07) is 4.17. The van der Waals surface area contributed by atoms with Crippen LogP contribution < -0.4 is 4.74 Å². The van der Waals surface area contributed by atoms with Gasteiger partial charge in [-0.2, -0.15) is 0 Å². The smallest absolute Gasteiger partial charge is 0.232 e. The van der Waals surface area contributed by atoms with Gasteiger partial charge in [-0.05, 0) is 44.2 Å². The van der Waals surface area contributed by atoms with Crippen molar-refractivity contribution >= 4 is 0 Å². The summed E-state index contributed by atoms with van der Waals surface area (Å²) < 4.78 is 11.4. The molecule has 0 aromatic carbocycles. The highest BCUT2D eigenvalue weighted by molar-refractivity contribution is 5.56. The average molecular weight is 442 g/mol. The van der Waals surface area contributed by atoms with Crippen LogP contribution in [0.25, 0.3) is 11.3 Å². The van der Waals surface area contributed by atoms with Crippen molar-refractivity contribution in [1.82, 2.24) is 15.0 Å². The second-order valence-electron chi connectivity index (χ2n) is 8.52. The third-order valence-electron chi connectivity index (χ3n) is 5.61. The second-order valence-corrected chi connectivity index (χ2v) is 8.52. The summed E-state index contributed by atoms with van der Waals surface area (Å²) in [6.07, 6.45) is 21.1. The molecule has 2 rings (SSSR count). The normalized spacial score (nSPS) is 11.1. The maximum absolute atomic E-state index is 5.72. The lowest BCUT2D eigenvalue weighted by molar-refractivity contribution is 0.126. The Hall–Kier alpha value is -2.01. The summed E-state index contributed by atoms with van der Waals surface area (Å²) in [5, 5.41) is 0. The molecule has 32 heavy (non-hydrogen) atoms. The van der Waals surface area contributed by atoms with E-state index in [1.54, 1.807) is 12.4 Å². The molecule has 2 aromatic rings. The van der Waals surface area contributed by atoms with E-state index in [0.29, 0.717) is 12.5 Å². The summed E-state index contributed by atoms with van der Waals surface area (Å²) in [4.78, 5) is 13.5. The van der Waals surface area contributed by atoms with Crippen LogP contribution >= 0.6 is 0 Å². The first-order chi connectivity index (χ1) is 15.8. The fraction of sp³-hybridized carbons (Fsp3) is 0.667. The molecule has 178 valence electrons. The van der Waals surface area contributed by atoms with Gasteiger partial charge in [-0.15, -0.1) is 0 Å². The molecule has 5 heteroatoms. The van der Waals surface area contributed by atoms with Gasteiger partial charge in [0.1, 0.15) is 0 Å². The number of aromatic nitrogens is 3. The Morgan fingerprint density at radius 2 is 1.31 bits per heavy atom.